The molecule has 196 valence electrons. The molecule has 0 bridgehead atoms. The second-order valence-electron chi connectivity index (χ2n) is 9.30. The normalized spacial score (nSPS) is 20.2. The van der Waals surface area contributed by atoms with E-state index >= 15 is 0 Å². The van der Waals surface area contributed by atoms with Gasteiger partial charge >= 0.3 is 0 Å². The first kappa shape index (κ1) is 24.4. The van der Waals surface area contributed by atoms with Crippen molar-refractivity contribution in [2.75, 3.05) is 42.6 Å². The summed E-state index contributed by atoms with van der Waals surface area (Å²) in [7, 11) is 0. The number of hydrogen-bond acceptors (Lipinski definition) is 6. The minimum absolute atomic E-state index is 0.0103. The van der Waals surface area contributed by atoms with E-state index in [4.69, 9.17) is 4.74 Å². The van der Waals surface area contributed by atoms with E-state index in [1.165, 1.54) is 16.7 Å². The molecule has 0 saturated carbocycles. The van der Waals surface area contributed by atoms with Gasteiger partial charge in [0.1, 0.15) is 23.6 Å². The van der Waals surface area contributed by atoms with Crippen LogP contribution in [0.25, 0.3) is 17.8 Å². The molecule has 0 unspecified atom stereocenters. The minimum atomic E-state index is -1.23. The Kier molecular flexibility index (Phi) is 6.44. The molecule has 0 spiro atoms. The van der Waals surface area contributed by atoms with Crippen molar-refractivity contribution in [2.24, 2.45) is 0 Å². The average molecular weight is 525 g/mol. The zero-order chi connectivity index (χ0) is 26.2. The molecular weight excluding hydrogens is 500 g/mol. The van der Waals surface area contributed by atoms with Crippen LogP contribution in [0.15, 0.2) is 48.8 Å². The van der Waals surface area contributed by atoms with Crippen LogP contribution >= 0.6 is 0 Å². The summed E-state index contributed by atoms with van der Waals surface area (Å²) < 4.78 is 64.6. The van der Waals surface area contributed by atoms with E-state index in [1.807, 2.05) is 4.90 Å². The molecule has 1 aromatic carbocycles. The Morgan fingerprint density at radius 3 is 2.58 bits per heavy atom. The molecule has 0 radical (unpaired) electrons. The van der Waals surface area contributed by atoms with Gasteiger partial charge in [0.2, 0.25) is 0 Å². The van der Waals surface area contributed by atoms with E-state index in [9.17, 15) is 17.6 Å². The van der Waals surface area contributed by atoms with Crippen LogP contribution in [-0.4, -0.2) is 58.6 Å². The number of alkyl halides is 1. The third-order valence-corrected chi connectivity index (χ3v) is 6.88. The summed E-state index contributed by atoms with van der Waals surface area (Å²) in [6.07, 6.45) is 5.18. The maximum absolute atomic E-state index is 14.8. The minimum Gasteiger partial charge on any atom is -0.378 e. The third-order valence-electron chi connectivity index (χ3n) is 6.88. The monoisotopic (exact) mass is 524 g/mol. The Morgan fingerprint density at radius 1 is 0.921 bits per heavy atom. The quantitative estimate of drug-likeness (QED) is 0.349. The Labute approximate surface area is 216 Å². The fourth-order valence-corrected chi connectivity index (χ4v) is 4.97. The van der Waals surface area contributed by atoms with Crippen LogP contribution < -0.4 is 9.80 Å². The smallest absolute Gasteiger partial charge is 0.154 e. The van der Waals surface area contributed by atoms with Crippen LogP contribution in [0.4, 0.5) is 29.1 Å². The highest BCUT2D eigenvalue weighted by atomic mass is 19.1. The summed E-state index contributed by atoms with van der Waals surface area (Å²) in [5.41, 5.74) is 2.01. The molecule has 4 aromatic rings. The number of fused-ring (bicyclic) bond motifs is 1. The molecular formula is C27H24F4N6O. The molecule has 2 aliphatic heterocycles. The van der Waals surface area contributed by atoms with E-state index < -0.39 is 29.7 Å². The summed E-state index contributed by atoms with van der Waals surface area (Å²) in [6.45, 7) is 2.53. The second kappa shape index (κ2) is 10.1. The van der Waals surface area contributed by atoms with Crippen molar-refractivity contribution in [1.82, 2.24) is 19.6 Å². The molecule has 7 nitrogen and oxygen atoms in total. The van der Waals surface area contributed by atoms with Gasteiger partial charge in [-0.1, -0.05) is 0 Å². The number of aromatic nitrogens is 4. The van der Waals surface area contributed by atoms with Gasteiger partial charge in [-0.25, -0.2) is 27.1 Å². The van der Waals surface area contributed by atoms with E-state index in [1.54, 1.807) is 35.5 Å². The molecule has 3 aromatic heterocycles. The molecule has 11 heteroatoms. The van der Waals surface area contributed by atoms with Gasteiger partial charge in [-0.05, 0) is 42.5 Å². The summed E-state index contributed by atoms with van der Waals surface area (Å²) in [6, 6.07) is 7.30. The molecule has 2 fully saturated rings. The molecule has 5 heterocycles. The number of morpholine rings is 1. The summed E-state index contributed by atoms with van der Waals surface area (Å²) >= 11 is 0. The molecule has 38 heavy (non-hydrogen) atoms. The topological polar surface area (TPSA) is 58.8 Å². The van der Waals surface area contributed by atoms with Crippen LogP contribution in [0.3, 0.4) is 0 Å². The number of anilines is 2. The van der Waals surface area contributed by atoms with Crippen molar-refractivity contribution in [2.45, 2.75) is 18.6 Å². The number of hydrogen-bond donors (Lipinski definition) is 0. The van der Waals surface area contributed by atoms with Gasteiger partial charge in [0.25, 0.3) is 0 Å². The molecule has 2 atom stereocenters. The zero-order valence-electron chi connectivity index (χ0n) is 20.3. The van der Waals surface area contributed by atoms with Gasteiger partial charge < -0.3 is 14.5 Å². The third kappa shape index (κ3) is 4.69. The molecule has 0 amide bonds. The molecule has 2 saturated heterocycles. The first-order chi connectivity index (χ1) is 18.5. The van der Waals surface area contributed by atoms with Gasteiger partial charge in [0.15, 0.2) is 11.5 Å². The van der Waals surface area contributed by atoms with E-state index in [2.05, 4.69) is 15.1 Å². The Balaban J connectivity index is 1.28. The highest BCUT2D eigenvalue weighted by molar-refractivity contribution is 5.69. The Hall–Kier alpha value is -3.99. The maximum atomic E-state index is 14.8. The summed E-state index contributed by atoms with van der Waals surface area (Å²) in [5.74, 6) is -1.26. The number of halogens is 4. The van der Waals surface area contributed by atoms with E-state index in [-0.39, 0.29) is 24.2 Å². The first-order valence-electron chi connectivity index (χ1n) is 12.3. The van der Waals surface area contributed by atoms with Crippen LogP contribution in [0, 0.1) is 17.5 Å². The van der Waals surface area contributed by atoms with Crippen molar-refractivity contribution in [3.8, 4) is 0 Å². The van der Waals surface area contributed by atoms with E-state index in [0.717, 1.165) is 18.2 Å². The predicted octanol–water partition coefficient (Wildman–Crippen LogP) is 4.84. The number of rotatable bonds is 5. The van der Waals surface area contributed by atoms with Crippen molar-refractivity contribution in [3.63, 3.8) is 0 Å². The SMILES string of the molecule is Fc1ccc(F)c([C@H]2C[C@H](F)CN2c2ccc3ncc(/C=C/c4ncc(N5CCOCC5)cc4F)n3n2)c1. The number of pyridine rings is 1. The highest BCUT2D eigenvalue weighted by Gasteiger charge is 2.36. The predicted molar refractivity (Wildman–Crippen MR) is 135 cm³/mol. The summed E-state index contributed by atoms with van der Waals surface area (Å²) in [4.78, 5) is 12.2. The lowest BCUT2D eigenvalue weighted by Gasteiger charge is -2.28. The first-order valence-corrected chi connectivity index (χ1v) is 12.3. The molecule has 0 aliphatic carbocycles. The van der Waals surface area contributed by atoms with Crippen molar-refractivity contribution in [3.05, 3.63) is 83.2 Å². The van der Waals surface area contributed by atoms with Crippen molar-refractivity contribution >= 4 is 29.3 Å². The highest BCUT2D eigenvalue weighted by Crippen LogP contribution is 2.38. The van der Waals surface area contributed by atoms with Crippen LogP contribution in [0.5, 0.6) is 0 Å². The lowest BCUT2D eigenvalue weighted by atomic mass is 10.0. The fourth-order valence-electron chi connectivity index (χ4n) is 4.97. The second-order valence-corrected chi connectivity index (χ2v) is 9.30. The Bertz CT molecular complexity index is 1500. The lowest BCUT2D eigenvalue weighted by Crippen LogP contribution is -2.36. The molecule has 6 rings (SSSR count). The van der Waals surface area contributed by atoms with Gasteiger partial charge in [0, 0.05) is 31.1 Å². The number of nitrogens with zero attached hydrogens (tertiary/aromatic N) is 6. The van der Waals surface area contributed by atoms with Gasteiger partial charge in [-0.15, -0.1) is 5.10 Å². The standard InChI is InChI=1S/C27H24F4N6O/c28-17-1-3-22(30)21(11-17)25-12-18(29)16-36(25)27-6-5-26-33-14-19(37(26)34-27)2-4-24-23(31)13-20(15-32-24)35-7-9-38-10-8-35/h1-6,11,13-15,18,25H,7-10,12,16H2/b4-2+/t18-,25+/m0/s1. The Morgan fingerprint density at radius 2 is 1.76 bits per heavy atom. The van der Waals surface area contributed by atoms with Crippen LogP contribution in [0.2, 0.25) is 0 Å². The van der Waals surface area contributed by atoms with Crippen molar-refractivity contribution in [1.29, 1.82) is 0 Å². The number of ether oxygens (including phenoxy) is 1. The van der Waals surface area contributed by atoms with Gasteiger partial charge in [0.05, 0.1) is 55.3 Å². The van der Waals surface area contributed by atoms with Gasteiger partial charge in [-0.3, -0.25) is 4.98 Å². The molecule has 2 aliphatic rings. The largest absolute Gasteiger partial charge is 0.378 e. The zero-order valence-corrected chi connectivity index (χ0v) is 20.3. The van der Waals surface area contributed by atoms with Gasteiger partial charge in [-0.2, -0.15) is 0 Å². The average Bonchev–Trinajstić information content (AvgIpc) is 3.52. The van der Waals surface area contributed by atoms with E-state index in [0.29, 0.717) is 49.1 Å². The number of benzene rings is 1. The van der Waals surface area contributed by atoms with Crippen LogP contribution in [0.1, 0.15) is 29.4 Å². The number of imidazole rings is 1. The lowest BCUT2D eigenvalue weighted by molar-refractivity contribution is 0.122. The summed E-state index contributed by atoms with van der Waals surface area (Å²) in [5, 5.41) is 4.60. The van der Waals surface area contributed by atoms with Crippen LogP contribution in [-0.2, 0) is 4.74 Å². The van der Waals surface area contributed by atoms with Crippen molar-refractivity contribution < 1.29 is 22.3 Å². The maximum Gasteiger partial charge on any atom is 0.154 e. The molecule has 0 N–H and O–H groups in total. The fraction of sp³-hybridized carbons (Fsp3) is 0.296.